The lowest BCUT2D eigenvalue weighted by Gasteiger charge is -2.56. The zero-order valence-electron chi connectivity index (χ0n) is 14.5. The second kappa shape index (κ2) is 5.88. The number of carbonyl (C=O) groups is 1. The molecule has 0 aromatic carbocycles. The van der Waals surface area contributed by atoms with Gasteiger partial charge in [-0.15, -0.1) is 0 Å². The minimum Gasteiger partial charge on any atom is -0.299 e. The quantitative estimate of drug-likeness (QED) is 0.762. The Morgan fingerprint density at radius 1 is 1.29 bits per heavy atom. The molecule has 0 spiro atoms. The van der Waals surface area contributed by atoms with Crippen molar-refractivity contribution in [2.24, 2.45) is 17.8 Å². The Kier molecular flexibility index (Phi) is 3.95. The van der Waals surface area contributed by atoms with Crippen molar-refractivity contribution in [1.29, 1.82) is 5.26 Å². The SMILES string of the molecule is CC(=O)CSc1nc(C23CC4CC(CC(C4)C2)C3)cc(C)c1C#N. The molecule has 0 atom stereocenters. The number of hydrogen-bond acceptors (Lipinski definition) is 4. The summed E-state index contributed by atoms with van der Waals surface area (Å²) in [5.41, 5.74) is 3.10. The zero-order valence-corrected chi connectivity index (χ0v) is 15.3. The van der Waals surface area contributed by atoms with Gasteiger partial charge in [-0.3, -0.25) is 4.79 Å². The summed E-state index contributed by atoms with van der Waals surface area (Å²) in [6.07, 6.45) is 8.07. The van der Waals surface area contributed by atoms with Crippen LogP contribution in [-0.4, -0.2) is 16.5 Å². The monoisotopic (exact) mass is 340 g/mol. The first-order valence-corrected chi connectivity index (χ1v) is 10.0. The third-order valence-corrected chi connectivity index (χ3v) is 7.41. The van der Waals surface area contributed by atoms with Crippen LogP contribution in [0, 0.1) is 36.0 Å². The van der Waals surface area contributed by atoms with Gasteiger partial charge in [0.1, 0.15) is 16.9 Å². The van der Waals surface area contributed by atoms with Gasteiger partial charge in [0.25, 0.3) is 0 Å². The van der Waals surface area contributed by atoms with Gasteiger partial charge in [0.2, 0.25) is 0 Å². The van der Waals surface area contributed by atoms with Crippen LogP contribution in [0.15, 0.2) is 11.1 Å². The van der Waals surface area contributed by atoms with E-state index in [4.69, 9.17) is 4.98 Å². The number of aryl methyl sites for hydroxylation is 1. The van der Waals surface area contributed by atoms with E-state index in [1.807, 2.05) is 6.92 Å². The molecular formula is C20H24N2OS. The average molecular weight is 340 g/mol. The Morgan fingerprint density at radius 2 is 1.88 bits per heavy atom. The Morgan fingerprint density at radius 3 is 2.38 bits per heavy atom. The van der Waals surface area contributed by atoms with Gasteiger partial charge in [0, 0.05) is 11.1 Å². The van der Waals surface area contributed by atoms with E-state index in [0.29, 0.717) is 11.3 Å². The number of ketones is 1. The first-order valence-electron chi connectivity index (χ1n) is 9.03. The lowest BCUT2D eigenvalue weighted by atomic mass is 9.48. The number of pyridine rings is 1. The molecule has 0 saturated heterocycles. The Hall–Kier alpha value is -1.34. The second-order valence-electron chi connectivity index (χ2n) is 8.30. The first-order chi connectivity index (χ1) is 11.5. The van der Waals surface area contributed by atoms with Crippen molar-refractivity contribution in [2.45, 2.75) is 62.8 Å². The smallest absolute Gasteiger partial charge is 0.140 e. The average Bonchev–Trinajstić information content (AvgIpc) is 2.51. The highest BCUT2D eigenvalue weighted by atomic mass is 32.2. The van der Waals surface area contributed by atoms with Gasteiger partial charge in [0.15, 0.2) is 0 Å². The van der Waals surface area contributed by atoms with Crippen LogP contribution in [0.3, 0.4) is 0 Å². The van der Waals surface area contributed by atoms with Gasteiger partial charge in [0.05, 0.1) is 11.3 Å². The summed E-state index contributed by atoms with van der Waals surface area (Å²) in [5.74, 6) is 3.15. The molecule has 0 radical (unpaired) electrons. The number of carbonyl (C=O) groups excluding carboxylic acids is 1. The molecular weight excluding hydrogens is 316 g/mol. The minimum absolute atomic E-state index is 0.128. The van der Waals surface area contributed by atoms with Crippen molar-refractivity contribution in [3.8, 4) is 6.07 Å². The fraction of sp³-hybridized carbons (Fsp3) is 0.650. The highest BCUT2D eigenvalue weighted by Crippen LogP contribution is 2.60. The van der Waals surface area contributed by atoms with Crippen LogP contribution < -0.4 is 0 Å². The lowest BCUT2D eigenvalue weighted by molar-refractivity contribution is -0.114. The molecule has 4 heteroatoms. The maximum atomic E-state index is 11.4. The summed E-state index contributed by atoms with van der Waals surface area (Å²) in [4.78, 5) is 16.3. The summed E-state index contributed by atoms with van der Waals surface area (Å²) in [6, 6.07) is 4.46. The lowest BCUT2D eigenvalue weighted by Crippen LogP contribution is -2.49. The van der Waals surface area contributed by atoms with Gasteiger partial charge in [-0.25, -0.2) is 4.98 Å². The summed E-state index contributed by atoms with van der Waals surface area (Å²) in [6.45, 7) is 3.61. The van der Waals surface area contributed by atoms with Crippen molar-refractivity contribution in [3.05, 3.63) is 22.9 Å². The summed E-state index contributed by atoms with van der Waals surface area (Å²) in [5, 5.41) is 10.3. The maximum Gasteiger partial charge on any atom is 0.140 e. The van der Waals surface area contributed by atoms with Crippen LogP contribution in [0.1, 0.15) is 62.3 Å². The first kappa shape index (κ1) is 16.1. The number of hydrogen-bond donors (Lipinski definition) is 0. The predicted molar refractivity (Wildman–Crippen MR) is 94.9 cm³/mol. The Labute approximate surface area is 148 Å². The Bertz CT molecular complexity index is 699. The fourth-order valence-corrected chi connectivity index (χ4v) is 6.60. The van der Waals surface area contributed by atoms with Crippen molar-refractivity contribution >= 4 is 17.5 Å². The van der Waals surface area contributed by atoms with E-state index in [9.17, 15) is 10.1 Å². The highest BCUT2D eigenvalue weighted by molar-refractivity contribution is 8.00. The van der Waals surface area contributed by atoms with Crippen LogP contribution >= 0.6 is 11.8 Å². The number of Topliss-reactive ketones (excluding diaryl/α,β-unsaturated/α-hetero) is 1. The molecule has 0 N–H and O–H groups in total. The summed E-state index contributed by atoms with van der Waals surface area (Å²) < 4.78 is 0. The van der Waals surface area contributed by atoms with E-state index >= 15 is 0 Å². The molecule has 4 fully saturated rings. The number of nitriles is 1. The third-order valence-electron chi connectivity index (χ3n) is 6.29. The van der Waals surface area contributed by atoms with Crippen LogP contribution in [0.5, 0.6) is 0 Å². The Balaban J connectivity index is 1.73. The van der Waals surface area contributed by atoms with E-state index in [-0.39, 0.29) is 11.2 Å². The molecule has 1 heterocycles. The number of thioether (sulfide) groups is 1. The van der Waals surface area contributed by atoms with E-state index in [1.54, 1.807) is 6.92 Å². The van der Waals surface area contributed by atoms with E-state index in [2.05, 4.69) is 12.1 Å². The number of aromatic nitrogens is 1. The van der Waals surface area contributed by atoms with Crippen LogP contribution in [0.4, 0.5) is 0 Å². The van der Waals surface area contributed by atoms with Gasteiger partial charge in [-0.1, -0.05) is 11.8 Å². The van der Waals surface area contributed by atoms with Gasteiger partial charge < -0.3 is 0 Å². The number of nitrogens with zero attached hydrogens (tertiary/aromatic N) is 2. The molecule has 24 heavy (non-hydrogen) atoms. The molecule has 0 unspecified atom stereocenters. The van der Waals surface area contributed by atoms with Gasteiger partial charge in [-0.05, 0) is 81.8 Å². The van der Waals surface area contributed by atoms with Crippen LogP contribution in [-0.2, 0) is 10.2 Å². The molecule has 0 amide bonds. The zero-order chi connectivity index (χ0) is 16.9. The molecule has 5 rings (SSSR count). The molecule has 4 aliphatic carbocycles. The normalized spacial score (nSPS) is 33.5. The summed E-state index contributed by atoms with van der Waals surface area (Å²) >= 11 is 1.43. The highest BCUT2D eigenvalue weighted by Gasteiger charge is 2.52. The topological polar surface area (TPSA) is 53.8 Å². The van der Waals surface area contributed by atoms with Gasteiger partial charge >= 0.3 is 0 Å². The number of rotatable bonds is 4. The van der Waals surface area contributed by atoms with Crippen LogP contribution in [0.25, 0.3) is 0 Å². The fourth-order valence-electron chi connectivity index (χ4n) is 5.75. The molecule has 4 saturated carbocycles. The molecule has 4 bridgehead atoms. The molecule has 1 aromatic rings. The molecule has 0 aliphatic heterocycles. The molecule has 4 aliphatic rings. The molecule has 1 aromatic heterocycles. The maximum absolute atomic E-state index is 11.4. The van der Waals surface area contributed by atoms with Crippen molar-refractivity contribution in [1.82, 2.24) is 4.98 Å². The van der Waals surface area contributed by atoms with E-state index in [1.165, 1.54) is 56.0 Å². The summed E-state index contributed by atoms with van der Waals surface area (Å²) in [7, 11) is 0. The van der Waals surface area contributed by atoms with E-state index in [0.717, 1.165) is 28.3 Å². The largest absolute Gasteiger partial charge is 0.299 e. The van der Waals surface area contributed by atoms with E-state index < -0.39 is 0 Å². The van der Waals surface area contributed by atoms with Crippen molar-refractivity contribution < 1.29 is 4.79 Å². The second-order valence-corrected chi connectivity index (χ2v) is 9.27. The standard InChI is InChI=1S/C20H24N2OS/c1-12-3-18(22-19(17(12)10-21)24-11-13(2)23)20-7-14-4-15(8-20)6-16(5-14)9-20/h3,14-16H,4-9,11H2,1-2H3. The van der Waals surface area contributed by atoms with Crippen LogP contribution in [0.2, 0.25) is 0 Å². The third kappa shape index (κ3) is 2.67. The molecule has 126 valence electrons. The predicted octanol–water partition coefficient (Wildman–Crippen LogP) is 4.41. The van der Waals surface area contributed by atoms with Crippen molar-refractivity contribution in [3.63, 3.8) is 0 Å². The van der Waals surface area contributed by atoms with Gasteiger partial charge in [-0.2, -0.15) is 5.26 Å². The minimum atomic E-state index is 0.128. The van der Waals surface area contributed by atoms with Crippen molar-refractivity contribution in [2.75, 3.05) is 5.75 Å². The molecule has 3 nitrogen and oxygen atoms in total.